The van der Waals surface area contributed by atoms with Crippen molar-refractivity contribution in [3.05, 3.63) is 0 Å². The second kappa shape index (κ2) is 6.40. The molecule has 0 aromatic carbocycles. The highest BCUT2D eigenvalue weighted by atomic mass is 32.3. The van der Waals surface area contributed by atoms with Crippen LogP contribution < -0.4 is 0 Å². The van der Waals surface area contributed by atoms with Gasteiger partial charge in [-0.05, 0) is 42.6 Å². The lowest BCUT2D eigenvalue weighted by atomic mass is 9.70. The maximum absolute atomic E-state index is 12.9. The van der Waals surface area contributed by atoms with E-state index in [1.54, 1.807) is 0 Å². The molecule has 0 radical (unpaired) electrons. The van der Waals surface area contributed by atoms with Gasteiger partial charge in [0.15, 0.2) is 0 Å². The minimum atomic E-state index is -3.88. The first-order valence-corrected chi connectivity index (χ1v) is 12.3. The number of ketones is 2. The van der Waals surface area contributed by atoms with E-state index in [-0.39, 0.29) is 34.4 Å². The van der Waals surface area contributed by atoms with Crippen LogP contribution in [0.2, 0.25) is 0 Å². The molecule has 0 aromatic heterocycles. The molecule has 2 aliphatic rings. The minimum absolute atomic E-state index is 0.0553. The van der Waals surface area contributed by atoms with Crippen LogP contribution in [0.5, 0.6) is 0 Å². The van der Waals surface area contributed by atoms with Gasteiger partial charge in [0.1, 0.15) is 11.6 Å². The van der Waals surface area contributed by atoms with Gasteiger partial charge in [0, 0.05) is 6.42 Å². The third kappa shape index (κ3) is 3.19. The van der Waals surface area contributed by atoms with E-state index in [0.717, 1.165) is 6.42 Å². The average molecular weight is 379 g/mol. The molecule has 2 bridgehead atoms. The van der Waals surface area contributed by atoms with Crippen LogP contribution in [-0.2, 0) is 23.3 Å². The molecule has 7 heteroatoms. The maximum Gasteiger partial charge on any atom is 0.277 e. The van der Waals surface area contributed by atoms with E-state index in [4.69, 9.17) is 3.63 Å². The fraction of sp³-hybridized carbons (Fsp3) is 0.882. The first-order chi connectivity index (χ1) is 10.9. The van der Waals surface area contributed by atoms with Gasteiger partial charge in [-0.2, -0.15) is 8.42 Å². The van der Waals surface area contributed by atoms with Crippen LogP contribution in [0.4, 0.5) is 0 Å². The Balaban J connectivity index is 2.28. The van der Waals surface area contributed by atoms with Crippen molar-refractivity contribution in [2.75, 3.05) is 23.0 Å². The normalized spacial score (nSPS) is 29.9. The van der Waals surface area contributed by atoms with Crippen LogP contribution in [0.3, 0.4) is 0 Å². The van der Waals surface area contributed by atoms with Gasteiger partial charge >= 0.3 is 0 Å². The van der Waals surface area contributed by atoms with Crippen molar-refractivity contribution in [1.82, 2.24) is 0 Å². The fourth-order valence-corrected chi connectivity index (χ4v) is 10.3. The molecule has 0 heterocycles. The number of carbonyl (C=O) groups is 2. The zero-order chi connectivity index (χ0) is 18.4. The highest BCUT2D eigenvalue weighted by molar-refractivity contribution is 8.33. The lowest BCUT2D eigenvalue weighted by molar-refractivity contribution is -0.128. The van der Waals surface area contributed by atoms with Gasteiger partial charge in [0.25, 0.3) is 10.1 Å². The molecule has 24 heavy (non-hydrogen) atoms. The lowest BCUT2D eigenvalue weighted by Crippen LogP contribution is -2.43. The summed E-state index contributed by atoms with van der Waals surface area (Å²) in [5, 5.41) is 0. The largest absolute Gasteiger partial charge is 0.299 e. The average Bonchev–Trinajstić information content (AvgIpc) is 2.79. The van der Waals surface area contributed by atoms with Crippen molar-refractivity contribution in [2.45, 2.75) is 53.9 Å². The molecule has 0 aliphatic heterocycles. The zero-order valence-electron chi connectivity index (χ0n) is 15.4. The summed E-state index contributed by atoms with van der Waals surface area (Å²) in [5.41, 5.74) is -1.13. The highest BCUT2D eigenvalue weighted by Crippen LogP contribution is 2.64. The number of rotatable bonds is 8. The second-order valence-electron chi connectivity index (χ2n) is 7.83. The molecule has 2 atom stereocenters. The number of carbonyl (C=O) groups excluding carboxylic acids is 2. The van der Waals surface area contributed by atoms with Gasteiger partial charge in [-0.1, -0.05) is 27.7 Å². The topological polar surface area (TPSA) is 77.5 Å². The van der Waals surface area contributed by atoms with Crippen molar-refractivity contribution in [2.24, 2.45) is 16.7 Å². The maximum atomic E-state index is 12.9. The van der Waals surface area contributed by atoms with Crippen LogP contribution in [0.15, 0.2) is 0 Å². The summed E-state index contributed by atoms with van der Waals surface area (Å²) in [7, 11) is -5.87. The van der Waals surface area contributed by atoms with Gasteiger partial charge in [0.05, 0.1) is 16.9 Å². The Morgan fingerprint density at radius 2 is 1.83 bits per heavy atom. The molecule has 2 fully saturated rings. The molecule has 0 amide bonds. The predicted molar refractivity (Wildman–Crippen MR) is 97.7 cm³/mol. The summed E-state index contributed by atoms with van der Waals surface area (Å²) in [6.45, 7) is 9.23. The summed E-state index contributed by atoms with van der Waals surface area (Å²) in [6, 6.07) is 0. The first-order valence-electron chi connectivity index (χ1n) is 8.66. The Labute approximate surface area is 147 Å². The molecule has 0 spiro atoms. The lowest BCUT2D eigenvalue weighted by Gasteiger charge is -2.39. The standard InChI is InChI=1S/C17H30O5S2/c1-6-23(7-2,11-13(3)18)22-24(20,21)12-17-9-8-14(10-15(17)19)16(17,4)5/h14H,6-12H2,1-5H3. The SMILES string of the molecule is CCS(CC)(CC(C)=O)OS(=O)(=O)CC12CCC(CC1=O)C2(C)C. The Morgan fingerprint density at radius 1 is 1.25 bits per heavy atom. The van der Waals surface area contributed by atoms with E-state index in [9.17, 15) is 18.0 Å². The van der Waals surface area contributed by atoms with Crippen LogP contribution in [0, 0.1) is 16.7 Å². The van der Waals surface area contributed by atoms with Crippen LogP contribution >= 0.6 is 10.3 Å². The van der Waals surface area contributed by atoms with Gasteiger partial charge in [-0.15, -0.1) is 10.3 Å². The summed E-state index contributed by atoms with van der Waals surface area (Å²) in [4.78, 5) is 24.1. The highest BCUT2D eigenvalue weighted by Gasteiger charge is 2.65. The molecule has 2 aliphatic carbocycles. The van der Waals surface area contributed by atoms with Gasteiger partial charge in [-0.3, -0.25) is 9.59 Å². The van der Waals surface area contributed by atoms with E-state index < -0.39 is 25.8 Å². The van der Waals surface area contributed by atoms with Crippen molar-refractivity contribution >= 4 is 32.0 Å². The molecule has 140 valence electrons. The smallest absolute Gasteiger partial charge is 0.277 e. The Morgan fingerprint density at radius 3 is 2.21 bits per heavy atom. The number of hydrogen-bond donors (Lipinski definition) is 0. The van der Waals surface area contributed by atoms with E-state index in [1.807, 2.05) is 27.7 Å². The van der Waals surface area contributed by atoms with E-state index in [0.29, 0.717) is 24.3 Å². The minimum Gasteiger partial charge on any atom is -0.299 e. The quantitative estimate of drug-likeness (QED) is 0.649. The number of fused-ring (bicyclic) bond motifs is 2. The Bertz CT molecular complexity index is 633. The summed E-state index contributed by atoms with van der Waals surface area (Å²) >= 11 is 0. The molecule has 5 nitrogen and oxygen atoms in total. The number of hydrogen-bond acceptors (Lipinski definition) is 5. The molecule has 2 rings (SSSR count). The van der Waals surface area contributed by atoms with E-state index in [2.05, 4.69) is 0 Å². The zero-order valence-corrected chi connectivity index (χ0v) is 17.0. The van der Waals surface area contributed by atoms with E-state index in [1.165, 1.54) is 6.92 Å². The van der Waals surface area contributed by atoms with Crippen LogP contribution in [0.25, 0.3) is 0 Å². The van der Waals surface area contributed by atoms with Crippen molar-refractivity contribution < 1.29 is 21.6 Å². The fourth-order valence-electron chi connectivity index (χ4n) is 4.55. The molecule has 0 N–H and O–H groups in total. The van der Waals surface area contributed by atoms with Crippen LogP contribution in [-0.4, -0.2) is 43.0 Å². The number of Topliss-reactive ketones (excluding diaryl/α,β-unsaturated/α-hetero) is 2. The van der Waals surface area contributed by atoms with Crippen molar-refractivity contribution in [3.63, 3.8) is 0 Å². The Hall–Kier alpha value is -0.400. The van der Waals surface area contributed by atoms with E-state index >= 15 is 0 Å². The second-order valence-corrected chi connectivity index (χ2v) is 13.1. The summed E-state index contributed by atoms with van der Waals surface area (Å²) in [5.74, 6) is 1.24. The van der Waals surface area contributed by atoms with Crippen molar-refractivity contribution in [3.8, 4) is 0 Å². The summed E-state index contributed by atoms with van der Waals surface area (Å²) < 4.78 is 31.4. The summed E-state index contributed by atoms with van der Waals surface area (Å²) in [6.07, 6.45) is 2.01. The van der Waals surface area contributed by atoms with Crippen molar-refractivity contribution in [1.29, 1.82) is 0 Å². The van der Waals surface area contributed by atoms with Crippen LogP contribution in [0.1, 0.15) is 53.9 Å². The monoisotopic (exact) mass is 378 g/mol. The molecular weight excluding hydrogens is 348 g/mol. The first kappa shape index (κ1) is 19.9. The molecule has 2 unspecified atom stereocenters. The van der Waals surface area contributed by atoms with Gasteiger partial charge in [0.2, 0.25) is 0 Å². The molecule has 0 aromatic rings. The third-order valence-electron chi connectivity index (χ3n) is 6.33. The van der Waals surface area contributed by atoms with Gasteiger partial charge in [-0.25, -0.2) is 3.63 Å². The molecular formula is C17H30O5S2. The Kier molecular flexibility index (Phi) is 5.31. The molecule has 0 saturated heterocycles. The predicted octanol–water partition coefficient (Wildman–Crippen LogP) is 3.08. The molecule has 2 saturated carbocycles. The van der Waals surface area contributed by atoms with Gasteiger partial charge < -0.3 is 0 Å². The third-order valence-corrected chi connectivity index (χ3v) is 12.2.